The van der Waals surface area contributed by atoms with E-state index in [1.807, 2.05) is 32.1 Å². The van der Waals surface area contributed by atoms with E-state index in [0.717, 1.165) is 26.7 Å². The number of rotatable bonds is 1. The van der Waals surface area contributed by atoms with Gasteiger partial charge in [0, 0.05) is 10.0 Å². The lowest BCUT2D eigenvalue weighted by Crippen LogP contribution is -2.03. The molecule has 7 heteroatoms. The Morgan fingerprint density at radius 2 is 1.89 bits per heavy atom. The summed E-state index contributed by atoms with van der Waals surface area (Å²) in [4.78, 5) is 4.34. The van der Waals surface area contributed by atoms with Crippen molar-refractivity contribution < 1.29 is 9.47 Å². The number of anilines is 1. The fraction of sp³-hybridized carbons (Fsp3) is 0.150. The van der Waals surface area contributed by atoms with Crippen LogP contribution in [0.25, 0.3) is 17.2 Å². The van der Waals surface area contributed by atoms with Crippen LogP contribution in [0.3, 0.4) is 0 Å². The van der Waals surface area contributed by atoms with Gasteiger partial charge in [-0.05, 0) is 54.3 Å². The fourth-order valence-electron chi connectivity index (χ4n) is 3.39. The third-order valence-corrected chi connectivity index (χ3v) is 5.46. The molecule has 0 atom stereocenters. The predicted octanol–water partition coefficient (Wildman–Crippen LogP) is 4.19. The molecule has 0 bridgehead atoms. The Kier molecular flexibility index (Phi) is 3.91. The van der Waals surface area contributed by atoms with Crippen molar-refractivity contribution in [3.05, 3.63) is 50.1 Å². The summed E-state index contributed by atoms with van der Waals surface area (Å²) >= 11 is 3.56. The zero-order valence-corrected chi connectivity index (χ0v) is 16.1. The Balaban J connectivity index is 1.99. The average Bonchev–Trinajstić information content (AvgIpc) is 3.18. The van der Waals surface area contributed by atoms with E-state index < -0.39 is 0 Å². The molecule has 1 aliphatic heterocycles. The number of hydrogen-bond donors (Lipinski definition) is 1. The number of aromatic nitrogens is 1. The highest BCUT2D eigenvalue weighted by molar-refractivity contribution is 9.10. The van der Waals surface area contributed by atoms with Crippen LogP contribution in [0.1, 0.15) is 34.9 Å². The molecule has 4 rings (SSSR count). The molecule has 132 valence electrons. The van der Waals surface area contributed by atoms with E-state index in [1.165, 1.54) is 0 Å². The minimum atomic E-state index is 0.139. The maximum atomic E-state index is 9.63. The number of hydrogen-bond acceptors (Lipinski definition) is 6. The second kappa shape index (κ2) is 6.15. The van der Waals surface area contributed by atoms with Gasteiger partial charge >= 0.3 is 0 Å². The van der Waals surface area contributed by atoms with Crippen LogP contribution >= 0.6 is 15.9 Å². The quantitative estimate of drug-likeness (QED) is 0.741. The Labute approximate surface area is 164 Å². The van der Waals surface area contributed by atoms with Gasteiger partial charge in [0.25, 0.3) is 0 Å². The minimum Gasteiger partial charge on any atom is -0.454 e. The number of pyridine rings is 1. The molecular formula is C20H13BrN4O2. The van der Waals surface area contributed by atoms with Crippen LogP contribution in [0.15, 0.2) is 22.2 Å². The molecule has 1 aromatic heterocycles. The van der Waals surface area contributed by atoms with E-state index >= 15 is 0 Å². The molecule has 2 aliphatic rings. The summed E-state index contributed by atoms with van der Waals surface area (Å²) in [5, 5.41) is 19.1. The van der Waals surface area contributed by atoms with Gasteiger partial charge in [0.15, 0.2) is 11.5 Å². The molecule has 0 fully saturated rings. The van der Waals surface area contributed by atoms with E-state index in [1.54, 1.807) is 0 Å². The summed E-state index contributed by atoms with van der Waals surface area (Å²) in [5.74, 6) is 1.48. The highest BCUT2D eigenvalue weighted by Gasteiger charge is 2.30. The zero-order valence-electron chi connectivity index (χ0n) is 14.6. The monoisotopic (exact) mass is 420 g/mol. The number of ether oxygens (including phenoxy) is 2. The highest BCUT2D eigenvalue weighted by Crippen LogP contribution is 2.45. The number of nitrogens with two attached hydrogens (primary N) is 1. The predicted molar refractivity (Wildman–Crippen MR) is 104 cm³/mol. The maximum Gasteiger partial charge on any atom is 0.231 e. The standard InChI is InChI=1S/C20H13BrN4O2/c1-9-12(3-11-4-16-17(5-15(11)21)27-8-26-16)18-10(2)14(7-23)20(24)25-19(18)13(9)6-22/h3-5H,8H2,1-2H3,(H2,24,25). The van der Waals surface area contributed by atoms with E-state index in [9.17, 15) is 10.5 Å². The average molecular weight is 421 g/mol. The molecule has 0 spiro atoms. The largest absolute Gasteiger partial charge is 0.454 e. The lowest BCUT2D eigenvalue weighted by Gasteiger charge is -2.11. The summed E-state index contributed by atoms with van der Waals surface area (Å²) in [6, 6.07) is 8.05. The Morgan fingerprint density at radius 1 is 1.19 bits per heavy atom. The highest BCUT2D eigenvalue weighted by atomic mass is 79.9. The topological polar surface area (TPSA) is 105 Å². The van der Waals surface area contributed by atoms with Gasteiger partial charge in [-0.25, -0.2) is 4.98 Å². The van der Waals surface area contributed by atoms with Crippen LogP contribution in [0.4, 0.5) is 5.82 Å². The van der Waals surface area contributed by atoms with Crippen molar-refractivity contribution in [3.8, 4) is 23.6 Å². The summed E-state index contributed by atoms with van der Waals surface area (Å²) in [6.07, 6.45) is 1.95. The molecule has 0 saturated carbocycles. The fourth-order valence-corrected chi connectivity index (χ4v) is 3.83. The van der Waals surface area contributed by atoms with E-state index in [-0.39, 0.29) is 12.6 Å². The van der Waals surface area contributed by atoms with Crippen LogP contribution in [0, 0.1) is 29.6 Å². The number of fused-ring (bicyclic) bond motifs is 2. The van der Waals surface area contributed by atoms with Crippen molar-refractivity contribution in [2.45, 2.75) is 13.8 Å². The Bertz CT molecular complexity index is 1170. The van der Waals surface area contributed by atoms with Gasteiger partial charge in [0.1, 0.15) is 18.0 Å². The van der Waals surface area contributed by atoms with E-state index in [4.69, 9.17) is 15.2 Å². The molecule has 27 heavy (non-hydrogen) atoms. The van der Waals surface area contributed by atoms with E-state index in [0.29, 0.717) is 33.9 Å². The third kappa shape index (κ3) is 2.48. The Hall–Kier alpha value is -3.29. The van der Waals surface area contributed by atoms with E-state index in [2.05, 4.69) is 33.1 Å². The Morgan fingerprint density at radius 3 is 2.56 bits per heavy atom. The molecule has 0 saturated heterocycles. The number of nitrogens with zero attached hydrogens (tertiary/aromatic N) is 3. The van der Waals surface area contributed by atoms with Crippen LogP contribution in [0.5, 0.6) is 11.5 Å². The van der Waals surface area contributed by atoms with Gasteiger partial charge in [-0.1, -0.05) is 15.9 Å². The van der Waals surface area contributed by atoms with Crippen LogP contribution in [0.2, 0.25) is 0 Å². The van der Waals surface area contributed by atoms with Crippen molar-refractivity contribution in [2.24, 2.45) is 0 Å². The summed E-state index contributed by atoms with van der Waals surface area (Å²) in [5.41, 5.74) is 11.2. The number of benzene rings is 1. The smallest absolute Gasteiger partial charge is 0.231 e. The first-order valence-corrected chi connectivity index (χ1v) is 8.88. The molecule has 0 radical (unpaired) electrons. The van der Waals surface area contributed by atoms with Crippen LogP contribution < -0.4 is 15.2 Å². The second-order valence-corrected chi connectivity index (χ2v) is 7.08. The van der Waals surface area contributed by atoms with Crippen molar-refractivity contribution in [3.63, 3.8) is 0 Å². The first-order chi connectivity index (χ1) is 13.0. The minimum absolute atomic E-state index is 0.139. The van der Waals surface area contributed by atoms with Gasteiger partial charge in [0.2, 0.25) is 6.79 Å². The SMILES string of the molecule is CC1=C(C#N)c2nc(N)c(C#N)c(C)c2C1=Cc1cc2c(cc1Br)OCO2. The van der Waals surface area contributed by atoms with Crippen molar-refractivity contribution in [1.29, 1.82) is 10.5 Å². The normalized spacial score (nSPS) is 15.7. The second-order valence-electron chi connectivity index (χ2n) is 6.23. The molecule has 1 aliphatic carbocycles. The van der Waals surface area contributed by atoms with Gasteiger partial charge in [-0.2, -0.15) is 10.5 Å². The number of nitriles is 2. The van der Waals surface area contributed by atoms with Crippen molar-refractivity contribution in [2.75, 3.05) is 12.5 Å². The lowest BCUT2D eigenvalue weighted by molar-refractivity contribution is 0.174. The molecule has 1 aromatic carbocycles. The zero-order chi connectivity index (χ0) is 19.3. The first-order valence-electron chi connectivity index (χ1n) is 8.09. The molecular weight excluding hydrogens is 408 g/mol. The van der Waals surface area contributed by atoms with Gasteiger partial charge in [0.05, 0.1) is 16.8 Å². The van der Waals surface area contributed by atoms with Crippen LogP contribution in [-0.2, 0) is 0 Å². The summed E-state index contributed by atoms with van der Waals surface area (Å²) < 4.78 is 11.7. The number of allylic oxidation sites excluding steroid dienone is 3. The number of nitrogen functional groups attached to an aromatic ring is 1. The van der Waals surface area contributed by atoms with Gasteiger partial charge in [-0.15, -0.1) is 0 Å². The molecule has 0 amide bonds. The maximum absolute atomic E-state index is 9.63. The van der Waals surface area contributed by atoms with Gasteiger partial charge in [-0.3, -0.25) is 0 Å². The molecule has 2 N–H and O–H groups in total. The summed E-state index contributed by atoms with van der Waals surface area (Å²) in [7, 11) is 0. The molecule has 2 aromatic rings. The van der Waals surface area contributed by atoms with Crippen LogP contribution in [-0.4, -0.2) is 11.8 Å². The first kappa shape index (κ1) is 17.1. The molecule has 6 nitrogen and oxygen atoms in total. The third-order valence-electron chi connectivity index (χ3n) is 4.78. The molecule has 2 heterocycles. The van der Waals surface area contributed by atoms with Crippen molar-refractivity contribution >= 4 is 39.0 Å². The van der Waals surface area contributed by atoms with Crippen molar-refractivity contribution in [1.82, 2.24) is 4.98 Å². The number of halogens is 1. The van der Waals surface area contributed by atoms with Gasteiger partial charge < -0.3 is 15.2 Å². The summed E-state index contributed by atoms with van der Waals surface area (Å²) in [6.45, 7) is 3.89. The lowest BCUT2D eigenvalue weighted by atomic mass is 9.95. The molecule has 0 unspecified atom stereocenters.